The van der Waals surface area contributed by atoms with Gasteiger partial charge in [-0.05, 0) is 0 Å². The number of thioether (sulfide) groups is 1. The van der Waals surface area contributed by atoms with Gasteiger partial charge in [-0.2, -0.15) is 0 Å². The van der Waals surface area contributed by atoms with Crippen LogP contribution in [0.2, 0.25) is 4.18 Å². The van der Waals surface area contributed by atoms with Gasteiger partial charge in [0.1, 0.15) is 0 Å². The van der Waals surface area contributed by atoms with Crippen LogP contribution in [0.15, 0.2) is 39.1 Å². The van der Waals surface area contributed by atoms with E-state index < -0.39 is 32.9 Å². The van der Waals surface area contributed by atoms with Crippen LogP contribution in [0.25, 0.3) is 0 Å². The number of ether oxygens (including phenoxy) is 1. The molecule has 116 valence electrons. The van der Waals surface area contributed by atoms with Gasteiger partial charge < -0.3 is 0 Å². The van der Waals surface area contributed by atoms with E-state index in [0.29, 0.717) is 10.6 Å². The Bertz CT molecular complexity index is 564. The summed E-state index contributed by atoms with van der Waals surface area (Å²) in [6, 6.07) is 6.86. The molecule has 2 amide bonds. The molecule has 0 spiro atoms. The maximum absolute atomic E-state index is 12.0. The van der Waals surface area contributed by atoms with E-state index in [-0.39, 0.29) is 3.66 Å². The molecule has 0 bridgehead atoms. The number of rotatable bonds is 5. The van der Waals surface area contributed by atoms with Crippen molar-refractivity contribution in [1.29, 1.82) is 0 Å². The molecule has 6 nitrogen and oxygen atoms in total. The molecule has 2 rings (SSSR count). The molecule has 1 unspecified atom stereocenters. The van der Waals surface area contributed by atoms with Gasteiger partial charge in [-0.25, -0.2) is 0 Å². The van der Waals surface area contributed by atoms with E-state index in [1.165, 1.54) is 0 Å². The first-order chi connectivity index (χ1) is 10.6. The van der Waals surface area contributed by atoms with Gasteiger partial charge in [-0.15, -0.1) is 0 Å². The molecule has 0 aliphatic carbocycles. The molecule has 1 aromatic carbocycles. The van der Waals surface area contributed by atoms with E-state index in [2.05, 4.69) is 15.2 Å². The number of carbonyl (C=O) groups excluding carboxylic acids is 2. The molecule has 8 heteroatoms. The fraction of sp³-hybridized carbons (Fsp3) is 0.286. The third-order valence-corrected chi connectivity index (χ3v) is 11.1. The Morgan fingerprint density at radius 1 is 1.36 bits per heavy atom. The topological polar surface area (TPSA) is 87.7 Å². The van der Waals surface area contributed by atoms with Crippen molar-refractivity contribution in [2.24, 2.45) is 0 Å². The summed E-state index contributed by atoms with van der Waals surface area (Å²) < 4.78 is 9.01. The minimum atomic E-state index is -2.16. The summed E-state index contributed by atoms with van der Waals surface area (Å²) in [5, 5.41) is 10.8. The third kappa shape index (κ3) is 5.26. The van der Waals surface area contributed by atoms with Crippen LogP contribution >= 0.6 is 11.8 Å². The van der Waals surface area contributed by atoms with Crippen LogP contribution in [0.5, 0.6) is 5.75 Å². The number of hydrogen-bond donors (Lipinski definition) is 3. The van der Waals surface area contributed by atoms with E-state index >= 15 is 0 Å². The average Bonchev–Trinajstić information content (AvgIpc) is 3.03. The van der Waals surface area contributed by atoms with E-state index in [9.17, 15) is 9.59 Å². The standard InChI is InChI=1S/C10H11N2O4S.C4H6.In/c1-7(11-6-13)16-8-2-4-9(5-3-8)17-10(14)12-15;1-3-4-2;/h2-5,7,15H,1H3,(H,11,13)(H,12,14);1,3H,2,4H2;. The van der Waals surface area contributed by atoms with Crippen molar-refractivity contribution >= 4 is 42.1 Å². The molecular formula is C14H17InN2O4S. The predicted molar refractivity (Wildman–Crippen MR) is 85.6 cm³/mol. The Morgan fingerprint density at radius 3 is 2.68 bits per heavy atom. The minimum absolute atomic E-state index is 0.176. The molecule has 0 saturated heterocycles. The fourth-order valence-corrected chi connectivity index (χ4v) is 8.78. The van der Waals surface area contributed by atoms with E-state index in [4.69, 9.17) is 9.94 Å². The molecule has 1 atom stereocenters. The molecule has 1 aliphatic heterocycles. The molecule has 0 aromatic heterocycles. The molecule has 22 heavy (non-hydrogen) atoms. The summed E-state index contributed by atoms with van der Waals surface area (Å²) >= 11 is -1.28. The number of hydroxylamine groups is 1. The summed E-state index contributed by atoms with van der Waals surface area (Å²) in [4.78, 5) is 23.7. The van der Waals surface area contributed by atoms with Crippen LogP contribution in [0.4, 0.5) is 9.59 Å². The number of hydrogen-bond acceptors (Lipinski definition) is 5. The molecule has 0 fully saturated rings. The quantitative estimate of drug-likeness (QED) is 0.293. The molecule has 0 radical (unpaired) electrons. The first kappa shape index (κ1) is 17.2. The first-order valence-corrected chi connectivity index (χ1v) is 13.6. The van der Waals surface area contributed by atoms with Crippen LogP contribution < -0.4 is 15.5 Å². The van der Waals surface area contributed by atoms with Gasteiger partial charge in [0.05, 0.1) is 0 Å². The Balaban J connectivity index is 1.83. The Labute approximate surface area is 140 Å². The normalized spacial score (nSPS) is 14.5. The molecular weight excluding hydrogens is 407 g/mol. The summed E-state index contributed by atoms with van der Waals surface area (Å²) in [7, 11) is 0. The zero-order chi connectivity index (χ0) is 15.9. The molecule has 0 saturated carbocycles. The maximum atomic E-state index is 12.0. The molecule has 1 heterocycles. The number of amides is 2. The van der Waals surface area contributed by atoms with Crippen molar-refractivity contribution in [3.8, 4) is 5.75 Å². The molecule has 1 aromatic rings. The van der Waals surface area contributed by atoms with Gasteiger partial charge in [0.25, 0.3) is 0 Å². The van der Waals surface area contributed by atoms with Crippen LogP contribution in [0.1, 0.15) is 13.3 Å². The van der Waals surface area contributed by atoms with Gasteiger partial charge >= 0.3 is 141 Å². The number of benzene rings is 1. The Morgan fingerprint density at radius 2 is 2.09 bits per heavy atom. The van der Waals surface area contributed by atoms with Crippen molar-refractivity contribution in [3.63, 3.8) is 0 Å². The van der Waals surface area contributed by atoms with E-state index in [1.807, 2.05) is 0 Å². The van der Waals surface area contributed by atoms with Crippen LogP contribution in [0.3, 0.4) is 0 Å². The summed E-state index contributed by atoms with van der Waals surface area (Å²) in [5.74, 6) is 0.610. The predicted octanol–water partition coefficient (Wildman–Crippen LogP) is 2.89. The van der Waals surface area contributed by atoms with E-state index in [1.54, 1.807) is 36.7 Å². The number of nitrogens with one attached hydrogen (secondary N) is 2. The van der Waals surface area contributed by atoms with Crippen molar-refractivity contribution < 1.29 is 19.5 Å². The van der Waals surface area contributed by atoms with Gasteiger partial charge in [0.2, 0.25) is 0 Å². The zero-order valence-electron chi connectivity index (χ0n) is 12.1. The summed E-state index contributed by atoms with van der Waals surface area (Å²) in [5.41, 5.74) is 1.55. The van der Waals surface area contributed by atoms with E-state index in [0.717, 1.165) is 22.4 Å². The van der Waals surface area contributed by atoms with Crippen molar-refractivity contribution in [1.82, 2.24) is 10.8 Å². The molecule has 1 aliphatic rings. The zero-order valence-corrected chi connectivity index (χ0v) is 16.2. The second-order valence-corrected chi connectivity index (χ2v) is 13.6. The summed E-state index contributed by atoms with van der Waals surface area (Å²) in [6.07, 6.45) is 2.74. The Kier molecular flexibility index (Phi) is 6.66. The van der Waals surface area contributed by atoms with Crippen LogP contribution in [0, 0.1) is 0 Å². The molecule has 3 N–H and O–H groups in total. The first-order valence-electron chi connectivity index (χ1n) is 6.94. The van der Waals surface area contributed by atoms with Gasteiger partial charge in [-0.3, -0.25) is 0 Å². The van der Waals surface area contributed by atoms with Crippen LogP contribution in [-0.4, -0.2) is 41.8 Å². The third-order valence-electron chi connectivity index (χ3n) is 3.13. The average molecular weight is 424 g/mol. The number of allylic oxidation sites excluding steroid dienone is 1. The van der Waals surface area contributed by atoms with Crippen molar-refractivity contribution in [2.75, 3.05) is 0 Å². The van der Waals surface area contributed by atoms with Crippen LogP contribution in [-0.2, 0) is 0 Å². The SMILES string of the molecule is CC(N[C](=O)[In]1[CH]=CC[CH2]1)Oc1ccc(SC(=O)NO)cc1. The second kappa shape index (κ2) is 8.50. The van der Waals surface area contributed by atoms with Gasteiger partial charge in [0, 0.05) is 0 Å². The second-order valence-electron chi connectivity index (χ2n) is 4.85. The van der Waals surface area contributed by atoms with Crippen molar-refractivity contribution in [3.05, 3.63) is 34.2 Å². The fourth-order valence-electron chi connectivity index (χ4n) is 2.11. The Hall–Kier alpha value is -1.12. The number of carbonyl (C=O) groups is 2. The van der Waals surface area contributed by atoms with Gasteiger partial charge in [0.15, 0.2) is 0 Å². The van der Waals surface area contributed by atoms with Crippen molar-refractivity contribution in [2.45, 2.75) is 28.6 Å². The van der Waals surface area contributed by atoms with Gasteiger partial charge in [-0.1, -0.05) is 0 Å². The monoisotopic (exact) mass is 424 g/mol. The summed E-state index contributed by atoms with van der Waals surface area (Å²) in [6.45, 7) is 1.80.